The van der Waals surface area contributed by atoms with Crippen LogP contribution in [0.25, 0.3) is 0 Å². The summed E-state index contributed by atoms with van der Waals surface area (Å²) in [5, 5.41) is 2.74. The van der Waals surface area contributed by atoms with Crippen molar-refractivity contribution in [2.45, 2.75) is 31.1 Å². The summed E-state index contributed by atoms with van der Waals surface area (Å²) in [4.78, 5) is 15.8. The highest BCUT2D eigenvalue weighted by Crippen LogP contribution is 2.30. The minimum atomic E-state index is -4.21. The van der Waals surface area contributed by atoms with Gasteiger partial charge in [0.2, 0.25) is 0 Å². The van der Waals surface area contributed by atoms with Gasteiger partial charge < -0.3 is 10.3 Å². The number of amides is 1. The van der Waals surface area contributed by atoms with Gasteiger partial charge in [0.25, 0.3) is 5.91 Å². The van der Waals surface area contributed by atoms with Crippen LogP contribution in [0.15, 0.2) is 18.3 Å². The maximum Gasteiger partial charge on any atom is 0.404 e. The number of H-pyrrole nitrogens is 1. The Hall–Kier alpha value is -1.50. The standard InChI is InChI=1S/C12H16F3N3O/c1-18-7-8(4-5-10(18)12(13,14)15)17-11(19)9-3-2-6-16-9/h2-3,6,8,10,16H,4-5,7H2,1H3,(H,17,19)/t8-,10+/m0/s1. The molecule has 106 valence electrons. The average molecular weight is 275 g/mol. The third-order valence-electron chi connectivity index (χ3n) is 3.38. The third-order valence-corrected chi connectivity index (χ3v) is 3.38. The van der Waals surface area contributed by atoms with Gasteiger partial charge in [0, 0.05) is 18.8 Å². The maximum absolute atomic E-state index is 12.7. The summed E-state index contributed by atoms with van der Waals surface area (Å²) in [6, 6.07) is 1.66. The first-order valence-corrected chi connectivity index (χ1v) is 6.09. The molecule has 2 heterocycles. The van der Waals surface area contributed by atoms with Crippen LogP contribution in [-0.2, 0) is 0 Å². The Morgan fingerprint density at radius 1 is 1.47 bits per heavy atom. The number of likely N-dealkylation sites (tertiary alicyclic amines) is 1. The van der Waals surface area contributed by atoms with E-state index >= 15 is 0 Å². The summed E-state index contributed by atoms with van der Waals surface area (Å²) in [5.74, 6) is -0.283. The first-order valence-electron chi connectivity index (χ1n) is 6.09. The number of carbonyl (C=O) groups is 1. The molecule has 0 radical (unpaired) electrons. The van der Waals surface area contributed by atoms with Gasteiger partial charge in [-0.05, 0) is 32.0 Å². The van der Waals surface area contributed by atoms with Crippen molar-refractivity contribution in [3.63, 3.8) is 0 Å². The van der Waals surface area contributed by atoms with Gasteiger partial charge in [0.05, 0.1) is 0 Å². The van der Waals surface area contributed by atoms with Crippen molar-refractivity contribution in [3.05, 3.63) is 24.0 Å². The van der Waals surface area contributed by atoms with Crippen LogP contribution in [0.2, 0.25) is 0 Å². The van der Waals surface area contributed by atoms with Crippen molar-refractivity contribution in [2.75, 3.05) is 13.6 Å². The largest absolute Gasteiger partial charge is 0.404 e. The second-order valence-corrected chi connectivity index (χ2v) is 4.83. The van der Waals surface area contributed by atoms with Crippen LogP contribution in [0.3, 0.4) is 0 Å². The number of hydrogen-bond acceptors (Lipinski definition) is 2. The Morgan fingerprint density at radius 2 is 2.21 bits per heavy atom. The predicted octanol–water partition coefficient (Wildman–Crippen LogP) is 1.77. The number of rotatable bonds is 2. The fraction of sp³-hybridized carbons (Fsp3) is 0.583. The summed E-state index contributed by atoms with van der Waals surface area (Å²) in [6.45, 7) is 0.205. The lowest BCUT2D eigenvalue weighted by Crippen LogP contribution is -2.54. The Kier molecular flexibility index (Phi) is 3.84. The van der Waals surface area contributed by atoms with Crippen LogP contribution in [0.5, 0.6) is 0 Å². The highest BCUT2D eigenvalue weighted by Gasteiger charge is 2.44. The molecule has 19 heavy (non-hydrogen) atoms. The number of carbonyl (C=O) groups excluding carboxylic acids is 1. The minimum Gasteiger partial charge on any atom is -0.357 e. The summed E-state index contributed by atoms with van der Waals surface area (Å²) in [7, 11) is 1.44. The first kappa shape index (κ1) is 13.9. The van der Waals surface area contributed by atoms with E-state index in [1.165, 1.54) is 11.9 Å². The molecule has 1 aromatic rings. The number of halogens is 3. The number of alkyl halides is 3. The lowest BCUT2D eigenvalue weighted by Gasteiger charge is -2.38. The van der Waals surface area contributed by atoms with E-state index in [-0.39, 0.29) is 24.9 Å². The Morgan fingerprint density at radius 3 is 2.74 bits per heavy atom. The molecule has 0 saturated carbocycles. The highest BCUT2D eigenvalue weighted by atomic mass is 19.4. The maximum atomic E-state index is 12.7. The highest BCUT2D eigenvalue weighted by molar-refractivity contribution is 5.92. The zero-order valence-electron chi connectivity index (χ0n) is 10.5. The SMILES string of the molecule is CN1C[C@@H](NC(=O)c2ccc[nH]2)CC[C@@H]1C(F)(F)F. The number of likely N-dealkylation sites (N-methyl/N-ethyl adjacent to an activating group) is 1. The predicted molar refractivity (Wildman–Crippen MR) is 63.8 cm³/mol. The van der Waals surface area contributed by atoms with E-state index in [1.54, 1.807) is 18.3 Å². The topological polar surface area (TPSA) is 48.1 Å². The molecule has 1 amide bonds. The molecule has 2 N–H and O–H groups in total. The third kappa shape index (κ3) is 3.28. The van der Waals surface area contributed by atoms with Crippen molar-refractivity contribution in [1.29, 1.82) is 0 Å². The van der Waals surface area contributed by atoms with E-state index in [9.17, 15) is 18.0 Å². The van der Waals surface area contributed by atoms with E-state index in [1.807, 2.05) is 0 Å². The molecule has 0 spiro atoms. The first-order chi connectivity index (χ1) is 8.88. The molecule has 0 bridgehead atoms. The molecule has 0 aromatic carbocycles. The lowest BCUT2D eigenvalue weighted by molar-refractivity contribution is -0.188. The Labute approximate surface area is 109 Å². The number of hydrogen-bond donors (Lipinski definition) is 2. The molecular formula is C12H16F3N3O. The zero-order chi connectivity index (χ0) is 14.0. The molecule has 1 saturated heterocycles. The van der Waals surface area contributed by atoms with Crippen molar-refractivity contribution >= 4 is 5.91 Å². The minimum absolute atomic E-state index is 0.00960. The van der Waals surface area contributed by atoms with Crippen molar-refractivity contribution < 1.29 is 18.0 Å². The Bertz CT molecular complexity index is 430. The fourth-order valence-electron chi connectivity index (χ4n) is 2.41. The summed E-state index contributed by atoms with van der Waals surface area (Å²) < 4.78 is 38.0. The fourth-order valence-corrected chi connectivity index (χ4v) is 2.41. The van der Waals surface area contributed by atoms with Gasteiger partial charge in [-0.1, -0.05) is 0 Å². The lowest BCUT2D eigenvalue weighted by atomic mass is 9.98. The quantitative estimate of drug-likeness (QED) is 0.864. The number of aromatic amines is 1. The second kappa shape index (κ2) is 5.24. The number of nitrogens with zero attached hydrogens (tertiary/aromatic N) is 1. The molecule has 1 aliphatic rings. The van der Waals surface area contributed by atoms with Gasteiger partial charge in [-0.15, -0.1) is 0 Å². The molecule has 1 fully saturated rings. The molecule has 2 rings (SSSR count). The van der Waals surface area contributed by atoms with Crippen LogP contribution in [0, 0.1) is 0 Å². The van der Waals surface area contributed by atoms with Gasteiger partial charge in [0.1, 0.15) is 11.7 Å². The normalized spacial score (nSPS) is 25.3. The van der Waals surface area contributed by atoms with Crippen LogP contribution >= 0.6 is 0 Å². The van der Waals surface area contributed by atoms with E-state index < -0.39 is 12.2 Å². The Balaban J connectivity index is 1.90. The van der Waals surface area contributed by atoms with Gasteiger partial charge in [0.15, 0.2) is 0 Å². The van der Waals surface area contributed by atoms with Gasteiger partial charge >= 0.3 is 6.18 Å². The van der Waals surface area contributed by atoms with Gasteiger partial charge in [-0.25, -0.2) is 0 Å². The number of nitrogens with one attached hydrogen (secondary N) is 2. The second-order valence-electron chi connectivity index (χ2n) is 4.83. The molecule has 0 aliphatic carbocycles. The number of aromatic nitrogens is 1. The molecule has 7 heteroatoms. The van der Waals surface area contributed by atoms with Crippen molar-refractivity contribution in [2.24, 2.45) is 0 Å². The average Bonchev–Trinajstić information content (AvgIpc) is 2.80. The summed E-state index contributed by atoms with van der Waals surface area (Å²) in [6.07, 6.45) is -2.23. The molecule has 4 nitrogen and oxygen atoms in total. The summed E-state index contributed by atoms with van der Waals surface area (Å²) in [5.41, 5.74) is 0.417. The smallest absolute Gasteiger partial charge is 0.357 e. The molecule has 1 aliphatic heterocycles. The zero-order valence-corrected chi connectivity index (χ0v) is 10.5. The van der Waals surface area contributed by atoms with Crippen LogP contribution in [0.4, 0.5) is 13.2 Å². The summed E-state index contributed by atoms with van der Waals surface area (Å²) >= 11 is 0. The van der Waals surface area contributed by atoms with Crippen LogP contribution in [0.1, 0.15) is 23.3 Å². The van der Waals surface area contributed by atoms with Crippen LogP contribution < -0.4 is 5.32 Å². The molecule has 2 atom stereocenters. The van der Waals surface area contributed by atoms with Crippen molar-refractivity contribution in [1.82, 2.24) is 15.2 Å². The number of piperidine rings is 1. The molecule has 0 unspecified atom stereocenters. The molecule has 1 aromatic heterocycles. The van der Waals surface area contributed by atoms with E-state index in [0.717, 1.165) is 0 Å². The van der Waals surface area contributed by atoms with Gasteiger partial charge in [-0.2, -0.15) is 13.2 Å². The van der Waals surface area contributed by atoms with E-state index in [2.05, 4.69) is 10.3 Å². The van der Waals surface area contributed by atoms with E-state index in [4.69, 9.17) is 0 Å². The van der Waals surface area contributed by atoms with Gasteiger partial charge in [-0.3, -0.25) is 9.69 Å². The van der Waals surface area contributed by atoms with Crippen LogP contribution in [-0.4, -0.2) is 47.6 Å². The monoisotopic (exact) mass is 275 g/mol. The van der Waals surface area contributed by atoms with E-state index in [0.29, 0.717) is 12.1 Å². The molecular weight excluding hydrogens is 259 g/mol. The van der Waals surface area contributed by atoms with Crippen molar-refractivity contribution in [3.8, 4) is 0 Å².